The lowest BCUT2D eigenvalue weighted by Gasteiger charge is -2.06. The van der Waals surface area contributed by atoms with Crippen molar-refractivity contribution < 1.29 is 13.2 Å². The van der Waals surface area contributed by atoms with Crippen LogP contribution in [0.5, 0.6) is 5.75 Å². The third kappa shape index (κ3) is 6.56. The summed E-state index contributed by atoms with van der Waals surface area (Å²) in [5, 5.41) is 0. The van der Waals surface area contributed by atoms with Gasteiger partial charge in [-0.1, -0.05) is 30.4 Å². The quantitative estimate of drug-likeness (QED) is 0.580. The molecular formula is C12H17NO3S2. The maximum Gasteiger partial charge on any atom is 0.156 e. The van der Waals surface area contributed by atoms with Crippen molar-refractivity contribution >= 4 is 27.0 Å². The molecular weight excluding hydrogens is 270 g/mol. The molecule has 0 atom stereocenters. The second kappa shape index (κ2) is 7.33. The molecule has 4 nitrogen and oxygen atoms in total. The van der Waals surface area contributed by atoms with Gasteiger partial charge in [0.2, 0.25) is 0 Å². The first-order valence-electron chi connectivity index (χ1n) is 5.66. The van der Waals surface area contributed by atoms with E-state index in [0.717, 1.165) is 5.75 Å². The minimum atomic E-state index is -3.15. The summed E-state index contributed by atoms with van der Waals surface area (Å²) >= 11 is 4.58. The number of benzene rings is 1. The van der Waals surface area contributed by atoms with E-state index in [9.17, 15) is 8.42 Å². The lowest BCUT2D eigenvalue weighted by molar-refractivity contribution is 0.309. The fourth-order valence-electron chi connectivity index (χ4n) is 1.42. The number of unbranched alkanes of at least 4 members (excludes halogenated alkanes) is 1. The van der Waals surface area contributed by atoms with Crippen molar-refractivity contribution in [2.45, 2.75) is 12.8 Å². The first-order chi connectivity index (χ1) is 8.49. The highest BCUT2D eigenvalue weighted by atomic mass is 32.2. The van der Waals surface area contributed by atoms with Crippen LogP contribution in [0, 0.1) is 0 Å². The van der Waals surface area contributed by atoms with E-state index in [2.05, 4.69) is 12.2 Å². The normalized spacial score (nSPS) is 11.1. The molecule has 0 unspecified atom stereocenters. The van der Waals surface area contributed by atoms with Crippen LogP contribution >= 0.6 is 12.2 Å². The molecule has 0 aromatic heterocycles. The number of ether oxygens (including phenoxy) is 1. The van der Waals surface area contributed by atoms with Crippen LogP contribution in [0.15, 0.2) is 30.3 Å². The predicted molar refractivity (Wildman–Crippen MR) is 76.6 cm³/mol. The fourth-order valence-corrected chi connectivity index (χ4v) is 3.18. The first kappa shape index (κ1) is 14.9. The van der Waals surface area contributed by atoms with Crippen LogP contribution in [0.1, 0.15) is 12.8 Å². The highest BCUT2D eigenvalue weighted by Gasteiger charge is 2.11. The molecule has 0 aliphatic heterocycles. The Morgan fingerprint density at radius 2 is 1.89 bits per heavy atom. The molecule has 0 fully saturated rings. The second-order valence-electron chi connectivity index (χ2n) is 3.93. The van der Waals surface area contributed by atoms with Gasteiger partial charge in [-0.25, -0.2) is 8.42 Å². The van der Waals surface area contributed by atoms with Crippen molar-refractivity contribution in [1.82, 2.24) is 0 Å². The number of sulfone groups is 1. The predicted octanol–water partition coefficient (Wildman–Crippen LogP) is 1.55. The molecule has 0 bridgehead atoms. The zero-order valence-electron chi connectivity index (χ0n) is 10.0. The summed E-state index contributed by atoms with van der Waals surface area (Å²) in [6.07, 6.45) is 1.24. The molecule has 0 radical (unpaired) electrons. The van der Waals surface area contributed by atoms with Crippen LogP contribution in [0.3, 0.4) is 0 Å². The Labute approximate surface area is 113 Å². The number of thiocarbonyl (C=S) groups is 1. The van der Waals surface area contributed by atoms with Crippen LogP contribution in [0.4, 0.5) is 0 Å². The van der Waals surface area contributed by atoms with E-state index in [0.29, 0.717) is 19.4 Å². The Hall–Kier alpha value is -1.14. The standard InChI is InChI=1S/C12H17NO3S2/c13-12(17)10-18(14,15)9-5-4-8-16-11-6-2-1-3-7-11/h1-3,6-7H,4-5,8-10H2,(H2,13,17). The smallest absolute Gasteiger partial charge is 0.156 e. The van der Waals surface area contributed by atoms with Crippen LogP contribution in [-0.4, -0.2) is 31.5 Å². The largest absolute Gasteiger partial charge is 0.494 e. The highest BCUT2D eigenvalue weighted by molar-refractivity contribution is 7.93. The zero-order chi connectivity index (χ0) is 13.4. The number of nitrogens with two attached hydrogens (primary N) is 1. The fraction of sp³-hybridized carbons (Fsp3) is 0.417. The monoisotopic (exact) mass is 287 g/mol. The second-order valence-corrected chi connectivity index (χ2v) is 6.64. The van der Waals surface area contributed by atoms with Crippen LogP contribution in [0.25, 0.3) is 0 Å². The summed E-state index contributed by atoms with van der Waals surface area (Å²) in [5.74, 6) is 0.688. The van der Waals surface area contributed by atoms with E-state index in [1.54, 1.807) is 0 Å². The minimum absolute atomic E-state index is 0.0236. The Balaban J connectivity index is 2.18. The molecule has 0 spiro atoms. The minimum Gasteiger partial charge on any atom is -0.494 e. The number of hydrogen-bond donors (Lipinski definition) is 1. The Kier molecular flexibility index (Phi) is 6.07. The van der Waals surface area contributed by atoms with Crippen molar-refractivity contribution in [3.8, 4) is 5.75 Å². The van der Waals surface area contributed by atoms with Gasteiger partial charge in [0, 0.05) is 0 Å². The third-order valence-electron chi connectivity index (χ3n) is 2.22. The highest BCUT2D eigenvalue weighted by Crippen LogP contribution is 2.09. The molecule has 0 amide bonds. The van der Waals surface area contributed by atoms with Gasteiger partial charge in [0.25, 0.3) is 0 Å². The van der Waals surface area contributed by atoms with Crippen molar-refractivity contribution in [2.24, 2.45) is 5.73 Å². The molecule has 1 rings (SSSR count). The van der Waals surface area contributed by atoms with Gasteiger partial charge in [-0.2, -0.15) is 0 Å². The van der Waals surface area contributed by atoms with Gasteiger partial charge in [-0.3, -0.25) is 0 Å². The molecule has 18 heavy (non-hydrogen) atoms. The van der Waals surface area contributed by atoms with E-state index in [-0.39, 0.29) is 16.5 Å². The summed E-state index contributed by atoms with van der Waals surface area (Å²) in [4.78, 5) is 0.0236. The molecule has 2 N–H and O–H groups in total. The molecule has 0 saturated heterocycles. The van der Waals surface area contributed by atoms with Crippen molar-refractivity contribution in [3.05, 3.63) is 30.3 Å². The van der Waals surface area contributed by atoms with Crippen LogP contribution < -0.4 is 10.5 Å². The Morgan fingerprint density at radius 1 is 1.22 bits per heavy atom. The molecule has 100 valence electrons. The molecule has 1 aromatic carbocycles. The topological polar surface area (TPSA) is 69.4 Å². The molecule has 1 aromatic rings. The maximum atomic E-state index is 11.5. The van der Waals surface area contributed by atoms with E-state index in [4.69, 9.17) is 10.5 Å². The summed E-state index contributed by atoms with van der Waals surface area (Å²) in [7, 11) is -3.15. The zero-order valence-corrected chi connectivity index (χ0v) is 11.7. The third-order valence-corrected chi connectivity index (χ3v) is 4.21. The van der Waals surface area contributed by atoms with Gasteiger partial charge in [0.05, 0.1) is 17.3 Å². The van der Waals surface area contributed by atoms with Gasteiger partial charge < -0.3 is 10.5 Å². The van der Waals surface area contributed by atoms with E-state index in [1.165, 1.54) is 0 Å². The first-order valence-corrected chi connectivity index (χ1v) is 7.89. The SMILES string of the molecule is NC(=S)CS(=O)(=O)CCCCOc1ccccc1. The number of rotatable bonds is 8. The van der Waals surface area contributed by atoms with Crippen LogP contribution in [-0.2, 0) is 9.84 Å². The summed E-state index contributed by atoms with van der Waals surface area (Å²) in [5.41, 5.74) is 5.21. The van der Waals surface area contributed by atoms with Crippen molar-refractivity contribution in [2.75, 3.05) is 18.1 Å². The lowest BCUT2D eigenvalue weighted by atomic mass is 10.3. The molecule has 0 saturated carbocycles. The van der Waals surface area contributed by atoms with E-state index in [1.807, 2.05) is 30.3 Å². The summed E-state index contributed by atoms with van der Waals surface area (Å²) < 4.78 is 28.4. The van der Waals surface area contributed by atoms with E-state index >= 15 is 0 Å². The van der Waals surface area contributed by atoms with Gasteiger partial charge in [0.15, 0.2) is 9.84 Å². The molecule has 6 heteroatoms. The summed E-state index contributed by atoms with van der Waals surface area (Å²) in [6.45, 7) is 0.507. The average Bonchev–Trinajstić information content (AvgIpc) is 2.28. The van der Waals surface area contributed by atoms with Crippen molar-refractivity contribution in [3.63, 3.8) is 0 Å². The molecule has 0 aliphatic rings. The molecule has 0 heterocycles. The van der Waals surface area contributed by atoms with E-state index < -0.39 is 9.84 Å². The van der Waals surface area contributed by atoms with Gasteiger partial charge in [-0.05, 0) is 25.0 Å². The van der Waals surface area contributed by atoms with Gasteiger partial charge >= 0.3 is 0 Å². The molecule has 0 aliphatic carbocycles. The Bertz CT molecular complexity index is 471. The van der Waals surface area contributed by atoms with Crippen molar-refractivity contribution in [1.29, 1.82) is 0 Å². The Morgan fingerprint density at radius 3 is 2.50 bits per heavy atom. The number of hydrogen-bond acceptors (Lipinski definition) is 4. The maximum absolute atomic E-state index is 11.5. The average molecular weight is 287 g/mol. The van der Waals surface area contributed by atoms with Gasteiger partial charge in [0.1, 0.15) is 11.5 Å². The lowest BCUT2D eigenvalue weighted by Crippen LogP contribution is -2.23. The van der Waals surface area contributed by atoms with Gasteiger partial charge in [-0.15, -0.1) is 0 Å². The summed E-state index contributed by atoms with van der Waals surface area (Å²) in [6, 6.07) is 9.42. The van der Waals surface area contributed by atoms with Crippen LogP contribution in [0.2, 0.25) is 0 Å². The number of para-hydroxylation sites is 1.